The molecule has 0 bridgehead atoms. The number of carbonyl (C=O) groups excluding carboxylic acids is 2. The van der Waals surface area contributed by atoms with Crippen LogP contribution in [0.25, 0.3) is 11.1 Å². The minimum atomic E-state index is -0.787. The number of hydrogen-bond acceptors (Lipinski definition) is 4. The smallest absolute Gasteiger partial charge is 0.407 e. The van der Waals surface area contributed by atoms with Gasteiger partial charge in [-0.3, -0.25) is 9.59 Å². The van der Waals surface area contributed by atoms with Gasteiger partial charge in [0.25, 0.3) is 0 Å². The van der Waals surface area contributed by atoms with Crippen LogP contribution in [-0.2, 0) is 14.3 Å². The topological polar surface area (TPSA) is 95.9 Å². The number of carboxylic acids is 1. The fourth-order valence-electron chi connectivity index (χ4n) is 5.72. The summed E-state index contributed by atoms with van der Waals surface area (Å²) in [6.45, 7) is 0.268. The molecule has 2 aromatic carbocycles. The van der Waals surface area contributed by atoms with Gasteiger partial charge in [0.15, 0.2) is 0 Å². The van der Waals surface area contributed by atoms with Crippen LogP contribution in [0.1, 0.15) is 49.1 Å². The zero-order valence-electron chi connectivity index (χ0n) is 19.3. The maximum Gasteiger partial charge on any atom is 0.407 e. The Morgan fingerprint density at radius 1 is 0.941 bits per heavy atom. The first-order valence-corrected chi connectivity index (χ1v) is 12.0. The van der Waals surface area contributed by atoms with Gasteiger partial charge in [-0.05, 0) is 54.4 Å². The number of benzene rings is 2. The normalized spacial score (nSPS) is 25.1. The van der Waals surface area contributed by atoms with E-state index in [4.69, 9.17) is 9.84 Å². The zero-order valence-corrected chi connectivity index (χ0v) is 19.3. The van der Waals surface area contributed by atoms with E-state index < -0.39 is 12.1 Å². The van der Waals surface area contributed by atoms with E-state index in [1.165, 1.54) is 22.3 Å². The largest absolute Gasteiger partial charge is 0.481 e. The Kier molecular flexibility index (Phi) is 6.02. The van der Waals surface area contributed by atoms with Gasteiger partial charge in [0.05, 0.1) is 5.92 Å². The van der Waals surface area contributed by atoms with E-state index >= 15 is 0 Å². The number of carboxylic acid groups (broad SMARTS) is 1. The molecule has 2 amide bonds. The van der Waals surface area contributed by atoms with Crippen LogP contribution in [0, 0.1) is 11.8 Å². The van der Waals surface area contributed by atoms with Crippen molar-refractivity contribution < 1.29 is 24.2 Å². The number of amides is 2. The van der Waals surface area contributed by atoms with Crippen LogP contribution in [0.2, 0.25) is 0 Å². The molecule has 34 heavy (non-hydrogen) atoms. The highest BCUT2D eigenvalue weighted by atomic mass is 16.5. The summed E-state index contributed by atoms with van der Waals surface area (Å²) in [5.41, 5.74) is 4.73. The van der Waals surface area contributed by atoms with Gasteiger partial charge < -0.3 is 20.1 Å². The van der Waals surface area contributed by atoms with E-state index in [0.717, 1.165) is 6.42 Å². The number of carbonyl (C=O) groups is 3. The van der Waals surface area contributed by atoms with Crippen LogP contribution in [0.3, 0.4) is 0 Å². The quantitative estimate of drug-likeness (QED) is 0.676. The Bertz CT molecular complexity index is 1060. The molecule has 2 unspecified atom stereocenters. The third-order valence-electron chi connectivity index (χ3n) is 7.81. The highest BCUT2D eigenvalue weighted by Crippen LogP contribution is 2.44. The SMILES string of the molecule is CN(C(=O)C1CCC(NC(=O)OCC2c3ccccc3-c3ccccc32)C1)C1CC(C(=O)O)C1. The van der Waals surface area contributed by atoms with Crippen LogP contribution in [0.15, 0.2) is 48.5 Å². The molecular formula is C27H30N2O5. The molecule has 7 heteroatoms. The molecule has 0 aromatic heterocycles. The average molecular weight is 463 g/mol. The lowest BCUT2D eigenvalue weighted by atomic mass is 9.79. The number of nitrogens with one attached hydrogen (secondary N) is 1. The maximum atomic E-state index is 12.9. The molecule has 3 aliphatic carbocycles. The lowest BCUT2D eigenvalue weighted by Crippen LogP contribution is -2.49. The summed E-state index contributed by atoms with van der Waals surface area (Å²) >= 11 is 0. The fourth-order valence-corrected chi connectivity index (χ4v) is 5.72. The number of fused-ring (bicyclic) bond motifs is 3. The van der Waals surface area contributed by atoms with Gasteiger partial charge in [0, 0.05) is 31.0 Å². The molecule has 2 saturated carbocycles. The Morgan fingerprint density at radius 2 is 1.56 bits per heavy atom. The predicted molar refractivity (Wildman–Crippen MR) is 126 cm³/mol. The van der Waals surface area contributed by atoms with Crippen molar-refractivity contribution >= 4 is 18.0 Å². The van der Waals surface area contributed by atoms with E-state index in [9.17, 15) is 14.4 Å². The summed E-state index contributed by atoms with van der Waals surface area (Å²) < 4.78 is 5.64. The molecule has 7 nitrogen and oxygen atoms in total. The van der Waals surface area contributed by atoms with Crippen LogP contribution in [0.4, 0.5) is 4.79 Å². The van der Waals surface area contributed by atoms with Gasteiger partial charge in [-0.1, -0.05) is 48.5 Å². The van der Waals surface area contributed by atoms with Crippen LogP contribution in [0.5, 0.6) is 0 Å². The molecule has 0 saturated heterocycles. The number of nitrogens with zero attached hydrogens (tertiary/aromatic N) is 1. The molecule has 0 spiro atoms. The second kappa shape index (κ2) is 9.12. The van der Waals surface area contributed by atoms with Crippen molar-refractivity contribution in [2.24, 2.45) is 11.8 Å². The molecular weight excluding hydrogens is 432 g/mol. The Labute approximate surface area is 199 Å². The predicted octanol–water partition coefficient (Wildman–Crippen LogP) is 4.02. The van der Waals surface area contributed by atoms with Crippen LogP contribution < -0.4 is 5.32 Å². The number of ether oxygens (including phenoxy) is 1. The highest BCUT2D eigenvalue weighted by molar-refractivity contribution is 5.81. The number of aliphatic carboxylic acids is 1. The first-order chi connectivity index (χ1) is 16.4. The first kappa shape index (κ1) is 22.4. The third kappa shape index (κ3) is 4.15. The van der Waals surface area contributed by atoms with E-state index in [1.807, 2.05) is 24.3 Å². The summed E-state index contributed by atoms with van der Waals surface area (Å²) in [6, 6.07) is 16.4. The Balaban J connectivity index is 1.12. The van der Waals surface area contributed by atoms with E-state index in [1.54, 1.807) is 11.9 Å². The molecule has 2 aromatic rings. The molecule has 0 heterocycles. The maximum absolute atomic E-state index is 12.9. The number of alkyl carbamates (subject to hydrolysis) is 1. The summed E-state index contributed by atoms with van der Waals surface area (Å²) in [5.74, 6) is -1.21. The molecule has 2 atom stereocenters. The average Bonchev–Trinajstić information content (AvgIpc) is 3.38. The second-order valence-electron chi connectivity index (χ2n) is 9.79. The highest BCUT2D eigenvalue weighted by Gasteiger charge is 2.41. The zero-order chi connectivity index (χ0) is 23.8. The lowest BCUT2D eigenvalue weighted by molar-refractivity contribution is -0.151. The minimum absolute atomic E-state index is 0.00254. The second-order valence-corrected chi connectivity index (χ2v) is 9.79. The van der Waals surface area contributed by atoms with Crippen molar-refractivity contribution in [3.63, 3.8) is 0 Å². The van der Waals surface area contributed by atoms with Gasteiger partial charge in [-0.2, -0.15) is 0 Å². The molecule has 0 radical (unpaired) electrons. The van der Waals surface area contributed by atoms with Gasteiger partial charge in [-0.25, -0.2) is 4.79 Å². The lowest BCUT2D eigenvalue weighted by Gasteiger charge is -2.40. The summed E-state index contributed by atoms with van der Waals surface area (Å²) in [6.07, 6.45) is 2.63. The number of hydrogen-bond donors (Lipinski definition) is 2. The van der Waals surface area contributed by atoms with Crippen LogP contribution in [-0.4, -0.2) is 53.7 Å². The molecule has 2 fully saturated rings. The van der Waals surface area contributed by atoms with E-state index in [0.29, 0.717) is 25.7 Å². The first-order valence-electron chi connectivity index (χ1n) is 12.0. The molecule has 2 N–H and O–H groups in total. The summed E-state index contributed by atoms with van der Waals surface area (Å²) in [7, 11) is 1.76. The van der Waals surface area contributed by atoms with E-state index in [-0.39, 0.29) is 42.4 Å². The summed E-state index contributed by atoms with van der Waals surface area (Å²) in [4.78, 5) is 38.2. The van der Waals surface area contributed by atoms with E-state index in [2.05, 4.69) is 29.6 Å². The van der Waals surface area contributed by atoms with Crippen molar-refractivity contribution in [3.8, 4) is 11.1 Å². The molecule has 178 valence electrons. The van der Waals surface area contributed by atoms with Gasteiger partial charge >= 0.3 is 12.1 Å². The number of rotatable bonds is 6. The molecule has 5 rings (SSSR count). The van der Waals surface area contributed by atoms with Gasteiger partial charge in [0.2, 0.25) is 5.91 Å². The minimum Gasteiger partial charge on any atom is -0.481 e. The van der Waals surface area contributed by atoms with Crippen molar-refractivity contribution in [3.05, 3.63) is 59.7 Å². The Morgan fingerprint density at radius 3 is 2.18 bits per heavy atom. The van der Waals surface area contributed by atoms with Crippen LogP contribution >= 0.6 is 0 Å². The summed E-state index contributed by atoms with van der Waals surface area (Å²) in [5, 5.41) is 12.0. The van der Waals surface area contributed by atoms with Gasteiger partial charge in [-0.15, -0.1) is 0 Å². The molecule has 0 aliphatic heterocycles. The monoisotopic (exact) mass is 462 g/mol. The van der Waals surface area contributed by atoms with Crippen molar-refractivity contribution in [1.29, 1.82) is 0 Å². The third-order valence-corrected chi connectivity index (χ3v) is 7.81. The van der Waals surface area contributed by atoms with Crippen molar-refractivity contribution in [1.82, 2.24) is 10.2 Å². The Hall–Kier alpha value is -3.35. The molecule has 3 aliphatic rings. The van der Waals surface area contributed by atoms with Crippen molar-refractivity contribution in [2.45, 2.75) is 50.1 Å². The standard InChI is InChI=1S/C27H30N2O5/c1-29(19-13-17(14-19)26(31)32)25(30)16-10-11-18(12-16)28-27(33)34-15-24-22-8-4-2-6-20(22)21-7-3-5-9-23(21)24/h2-9,16-19,24H,10-15H2,1H3,(H,28,33)(H,31,32). The fraction of sp³-hybridized carbons (Fsp3) is 0.444. The van der Waals surface area contributed by atoms with Gasteiger partial charge in [0.1, 0.15) is 6.61 Å². The van der Waals surface area contributed by atoms with Crippen molar-refractivity contribution in [2.75, 3.05) is 13.7 Å².